The molecule has 0 aromatic heterocycles. The Balaban J connectivity index is 2.66. The molecule has 1 heterocycles. The Hall–Kier alpha value is -1.43. The van der Waals surface area contributed by atoms with Crippen molar-refractivity contribution in [3.05, 3.63) is 0 Å². The van der Waals surface area contributed by atoms with Gasteiger partial charge < -0.3 is 15.2 Å². The maximum Gasteiger partial charge on any atom is 0.306 e. The van der Waals surface area contributed by atoms with E-state index in [0.717, 1.165) is 0 Å². The molecule has 1 saturated heterocycles. The molecule has 1 aliphatic rings. The Kier molecular flexibility index (Phi) is 4.45. The quantitative estimate of drug-likeness (QED) is 0.709. The van der Waals surface area contributed by atoms with Crippen molar-refractivity contribution in [3.8, 4) is 0 Å². The minimum Gasteiger partial charge on any atom is -0.451 e. The Morgan fingerprint density at radius 2 is 2.17 bits per heavy atom. The molecular formula is C12H19NO5. The lowest BCUT2D eigenvalue weighted by molar-refractivity contribution is -0.165. The molecule has 1 fully saturated rings. The first-order valence-electron chi connectivity index (χ1n) is 5.93. The standard InChI is InChI=1S/C12H19NO5/c1-7(2)4-5-9(15)18-10-8(14)6-17-12(10,3)11(13)16/h7,10H,4-6H2,1-3H3,(H2,13,16). The third-order valence-corrected chi connectivity index (χ3v) is 2.97. The first-order valence-corrected chi connectivity index (χ1v) is 5.93. The number of nitrogens with two attached hydrogens (primary N) is 1. The fourth-order valence-electron chi connectivity index (χ4n) is 1.66. The Bertz CT molecular complexity index is 365. The summed E-state index contributed by atoms with van der Waals surface area (Å²) in [5, 5.41) is 0. The van der Waals surface area contributed by atoms with E-state index in [1.807, 2.05) is 13.8 Å². The first kappa shape index (κ1) is 14.6. The van der Waals surface area contributed by atoms with Gasteiger partial charge in [-0.25, -0.2) is 0 Å². The topological polar surface area (TPSA) is 95.7 Å². The molecule has 1 aliphatic heterocycles. The molecule has 18 heavy (non-hydrogen) atoms. The largest absolute Gasteiger partial charge is 0.451 e. The van der Waals surface area contributed by atoms with E-state index in [-0.39, 0.29) is 13.0 Å². The fourth-order valence-corrected chi connectivity index (χ4v) is 1.66. The zero-order valence-electron chi connectivity index (χ0n) is 10.9. The molecule has 6 heteroatoms. The van der Waals surface area contributed by atoms with Crippen molar-refractivity contribution in [2.75, 3.05) is 6.61 Å². The van der Waals surface area contributed by atoms with E-state index in [2.05, 4.69) is 0 Å². The second-order valence-corrected chi connectivity index (χ2v) is 5.03. The van der Waals surface area contributed by atoms with E-state index in [4.69, 9.17) is 15.2 Å². The Morgan fingerprint density at radius 1 is 1.56 bits per heavy atom. The van der Waals surface area contributed by atoms with Gasteiger partial charge >= 0.3 is 5.97 Å². The molecule has 0 saturated carbocycles. The molecule has 2 unspecified atom stereocenters. The molecule has 0 aromatic rings. The highest BCUT2D eigenvalue weighted by molar-refractivity contribution is 5.98. The van der Waals surface area contributed by atoms with Crippen molar-refractivity contribution < 1.29 is 23.9 Å². The van der Waals surface area contributed by atoms with Gasteiger partial charge in [-0.3, -0.25) is 14.4 Å². The minimum atomic E-state index is -1.55. The smallest absolute Gasteiger partial charge is 0.306 e. The summed E-state index contributed by atoms with van der Waals surface area (Å²) in [6.07, 6.45) is -0.362. The third kappa shape index (κ3) is 3.07. The van der Waals surface area contributed by atoms with Gasteiger partial charge in [-0.2, -0.15) is 0 Å². The SMILES string of the molecule is CC(C)CCC(=O)OC1C(=O)COC1(C)C(N)=O. The van der Waals surface area contributed by atoms with Crippen LogP contribution in [0.25, 0.3) is 0 Å². The molecule has 0 bridgehead atoms. The number of carbonyl (C=O) groups is 3. The van der Waals surface area contributed by atoms with Gasteiger partial charge in [0.1, 0.15) is 6.61 Å². The monoisotopic (exact) mass is 257 g/mol. The molecule has 2 N–H and O–H groups in total. The summed E-state index contributed by atoms with van der Waals surface area (Å²) in [5.41, 5.74) is 3.62. The van der Waals surface area contributed by atoms with Crippen molar-refractivity contribution in [2.45, 2.75) is 45.3 Å². The predicted molar refractivity (Wildman–Crippen MR) is 62.5 cm³/mol. The van der Waals surface area contributed by atoms with Crippen LogP contribution < -0.4 is 5.73 Å². The summed E-state index contributed by atoms with van der Waals surface area (Å²) in [7, 11) is 0. The van der Waals surface area contributed by atoms with Crippen LogP contribution in [-0.2, 0) is 23.9 Å². The number of ketones is 1. The highest BCUT2D eigenvalue weighted by Crippen LogP contribution is 2.26. The Morgan fingerprint density at radius 3 is 2.67 bits per heavy atom. The lowest BCUT2D eigenvalue weighted by Crippen LogP contribution is -2.51. The van der Waals surface area contributed by atoms with Crippen molar-refractivity contribution in [1.29, 1.82) is 0 Å². The van der Waals surface area contributed by atoms with E-state index in [1.165, 1.54) is 6.92 Å². The highest BCUT2D eigenvalue weighted by atomic mass is 16.6. The van der Waals surface area contributed by atoms with Crippen molar-refractivity contribution in [1.82, 2.24) is 0 Å². The van der Waals surface area contributed by atoms with E-state index in [1.54, 1.807) is 0 Å². The van der Waals surface area contributed by atoms with E-state index in [0.29, 0.717) is 12.3 Å². The van der Waals surface area contributed by atoms with Crippen LogP contribution in [0.3, 0.4) is 0 Å². The molecule has 0 aromatic carbocycles. The molecule has 102 valence electrons. The van der Waals surface area contributed by atoms with Crippen molar-refractivity contribution >= 4 is 17.7 Å². The summed E-state index contributed by atoms with van der Waals surface area (Å²) >= 11 is 0. The molecule has 0 radical (unpaired) electrons. The number of Topliss-reactive ketones (excluding diaryl/α,β-unsaturated/α-hetero) is 1. The van der Waals surface area contributed by atoms with Crippen LogP contribution in [0.1, 0.15) is 33.6 Å². The lowest BCUT2D eigenvalue weighted by Gasteiger charge is -2.25. The second kappa shape index (κ2) is 5.48. The summed E-state index contributed by atoms with van der Waals surface area (Å²) in [6, 6.07) is 0. The van der Waals surface area contributed by atoms with Gasteiger partial charge in [-0.1, -0.05) is 13.8 Å². The summed E-state index contributed by atoms with van der Waals surface area (Å²) in [4.78, 5) is 34.4. The predicted octanol–water partition coefficient (Wildman–Crippen LogP) is 0.178. The third-order valence-electron chi connectivity index (χ3n) is 2.97. The van der Waals surface area contributed by atoms with Crippen LogP contribution in [0, 0.1) is 5.92 Å². The molecule has 6 nitrogen and oxygen atoms in total. The van der Waals surface area contributed by atoms with Crippen LogP contribution in [0.2, 0.25) is 0 Å². The number of esters is 1. The molecule has 1 amide bonds. The zero-order valence-corrected chi connectivity index (χ0v) is 10.9. The number of primary amides is 1. The van der Waals surface area contributed by atoms with Gasteiger partial charge in [0.2, 0.25) is 5.78 Å². The van der Waals surface area contributed by atoms with Gasteiger partial charge in [0, 0.05) is 6.42 Å². The summed E-state index contributed by atoms with van der Waals surface area (Å²) < 4.78 is 10.1. The number of carbonyl (C=O) groups excluding carboxylic acids is 3. The summed E-state index contributed by atoms with van der Waals surface area (Å²) in [5.74, 6) is -1.40. The number of hydrogen-bond donors (Lipinski definition) is 1. The lowest BCUT2D eigenvalue weighted by atomic mass is 9.98. The number of rotatable bonds is 5. The summed E-state index contributed by atoms with van der Waals surface area (Å²) in [6.45, 7) is 5.05. The van der Waals surface area contributed by atoms with Crippen LogP contribution in [0.5, 0.6) is 0 Å². The van der Waals surface area contributed by atoms with Gasteiger partial charge in [0.15, 0.2) is 11.7 Å². The van der Waals surface area contributed by atoms with Crippen molar-refractivity contribution in [2.24, 2.45) is 11.7 Å². The van der Waals surface area contributed by atoms with Crippen LogP contribution in [0.4, 0.5) is 0 Å². The van der Waals surface area contributed by atoms with E-state index in [9.17, 15) is 14.4 Å². The van der Waals surface area contributed by atoms with Crippen molar-refractivity contribution in [3.63, 3.8) is 0 Å². The molecule has 0 spiro atoms. The molecular weight excluding hydrogens is 238 g/mol. The maximum absolute atomic E-state index is 11.6. The molecule has 2 atom stereocenters. The van der Waals surface area contributed by atoms with Crippen LogP contribution in [-0.4, -0.2) is 36.0 Å². The van der Waals surface area contributed by atoms with Gasteiger partial charge in [-0.05, 0) is 19.3 Å². The number of amides is 1. The number of ether oxygens (including phenoxy) is 2. The first-order chi connectivity index (χ1) is 8.27. The fraction of sp³-hybridized carbons (Fsp3) is 0.750. The van der Waals surface area contributed by atoms with Crippen LogP contribution >= 0.6 is 0 Å². The average molecular weight is 257 g/mol. The highest BCUT2D eigenvalue weighted by Gasteiger charge is 2.53. The molecule has 0 aliphatic carbocycles. The second-order valence-electron chi connectivity index (χ2n) is 5.03. The van der Waals surface area contributed by atoms with Gasteiger partial charge in [-0.15, -0.1) is 0 Å². The van der Waals surface area contributed by atoms with Gasteiger partial charge in [0.05, 0.1) is 0 Å². The normalized spacial score (nSPS) is 27.6. The average Bonchev–Trinajstić information content (AvgIpc) is 2.56. The number of hydrogen-bond acceptors (Lipinski definition) is 5. The minimum absolute atomic E-state index is 0.205. The van der Waals surface area contributed by atoms with E-state index < -0.39 is 29.4 Å². The zero-order chi connectivity index (χ0) is 13.9. The van der Waals surface area contributed by atoms with Gasteiger partial charge in [0.25, 0.3) is 5.91 Å². The maximum atomic E-state index is 11.6. The Labute approximate surface area is 106 Å². The molecule has 1 rings (SSSR count). The van der Waals surface area contributed by atoms with E-state index >= 15 is 0 Å². The van der Waals surface area contributed by atoms with Crippen LogP contribution in [0.15, 0.2) is 0 Å².